The van der Waals surface area contributed by atoms with Crippen molar-refractivity contribution in [2.24, 2.45) is 0 Å². The van der Waals surface area contributed by atoms with Gasteiger partial charge in [0.2, 0.25) is 11.1 Å². The van der Waals surface area contributed by atoms with Crippen molar-refractivity contribution >= 4 is 34.8 Å². The minimum atomic E-state index is -0.513. The molecule has 0 aliphatic carbocycles. The molecule has 0 amide bonds. The van der Waals surface area contributed by atoms with E-state index in [1.807, 2.05) is 0 Å². The number of carbonyl (C=O) groups is 1. The van der Waals surface area contributed by atoms with E-state index in [0.29, 0.717) is 5.82 Å². The van der Waals surface area contributed by atoms with Crippen LogP contribution in [0.5, 0.6) is 5.75 Å². The molecule has 0 fully saturated rings. The largest absolute Gasteiger partial charge is 0.480 e. The number of hydrogen-bond acceptors (Lipinski definition) is 5. The average Bonchev–Trinajstić information content (AvgIpc) is 2.45. The second-order valence-electron chi connectivity index (χ2n) is 3.94. The van der Waals surface area contributed by atoms with Crippen molar-refractivity contribution in [1.82, 2.24) is 9.97 Å². The smallest absolute Gasteiger partial charge is 0.224 e. The van der Waals surface area contributed by atoms with Gasteiger partial charge in [0.1, 0.15) is 5.82 Å². The Morgan fingerprint density at radius 3 is 2.86 bits per heavy atom. The second kappa shape index (κ2) is 6.69. The first-order valence-corrected chi connectivity index (χ1v) is 6.58. The number of benzene rings is 1. The minimum absolute atomic E-state index is 0.0322. The van der Waals surface area contributed by atoms with Gasteiger partial charge in [0.05, 0.1) is 11.2 Å². The lowest BCUT2D eigenvalue weighted by Crippen LogP contribution is -2.13. The molecule has 0 spiro atoms. The molecule has 0 saturated heterocycles. The van der Waals surface area contributed by atoms with Crippen molar-refractivity contribution in [2.75, 3.05) is 19.0 Å². The minimum Gasteiger partial charge on any atom is -0.480 e. The number of ether oxygens (including phenoxy) is 1. The number of carbonyl (C=O) groups excluding carboxylic acids is 1. The number of halogens is 3. The summed E-state index contributed by atoms with van der Waals surface area (Å²) in [5.74, 6) is -0.278. The number of anilines is 1. The van der Waals surface area contributed by atoms with Gasteiger partial charge in [-0.15, -0.1) is 0 Å². The molecule has 1 aromatic carbocycles. The Kier molecular flexibility index (Phi) is 4.93. The molecule has 0 bridgehead atoms. The summed E-state index contributed by atoms with van der Waals surface area (Å²) in [7, 11) is 1.63. The van der Waals surface area contributed by atoms with E-state index in [0.717, 1.165) is 12.1 Å². The van der Waals surface area contributed by atoms with E-state index in [-0.39, 0.29) is 28.2 Å². The van der Waals surface area contributed by atoms with Crippen LogP contribution in [-0.2, 0) is 0 Å². The van der Waals surface area contributed by atoms with Gasteiger partial charge in [-0.25, -0.2) is 9.37 Å². The maximum atomic E-state index is 12.9. The predicted molar refractivity (Wildman–Crippen MR) is 77.8 cm³/mol. The van der Waals surface area contributed by atoms with E-state index in [2.05, 4.69) is 15.3 Å². The Morgan fingerprint density at radius 2 is 2.19 bits per heavy atom. The zero-order valence-electron chi connectivity index (χ0n) is 10.9. The van der Waals surface area contributed by atoms with Gasteiger partial charge in [0, 0.05) is 12.6 Å². The molecular weight excluding hydrogens is 320 g/mol. The fourth-order valence-electron chi connectivity index (χ4n) is 1.57. The summed E-state index contributed by atoms with van der Waals surface area (Å²) in [5, 5.41) is 2.86. The summed E-state index contributed by atoms with van der Waals surface area (Å²) < 4.78 is 18.3. The first-order valence-electron chi connectivity index (χ1n) is 5.82. The van der Waals surface area contributed by atoms with Crippen LogP contribution in [0.2, 0.25) is 10.3 Å². The zero-order chi connectivity index (χ0) is 15.4. The van der Waals surface area contributed by atoms with Crippen molar-refractivity contribution in [3.05, 3.63) is 46.1 Å². The predicted octanol–water partition coefficient (Wildman–Crippen LogP) is 3.23. The highest BCUT2D eigenvalue weighted by Gasteiger charge is 2.14. The van der Waals surface area contributed by atoms with E-state index in [9.17, 15) is 9.18 Å². The molecule has 8 heteroatoms. The van der Waals surface area contributed by atoms with Crippen LogP contribution < -0.4 is 10.1 Å². The van der Waals surface area contributed by atoms with Crippen molar-refractivity contribution in [3.8, 4) is 5.75 Å². The van der Waals surface area contributed by atoms with Crippen LogP contribution in [0.4, 0.5) is 10.2 Å². The fourth-order valence-corrected chi connectivity index (χ4v) is 1.98. The summed E-state index contributed by atoms with van der Waals surface area (Å²) in [5.41, 5.74) is 0.180. The second-order valence-corrected chi connectivity index (χ2v) is 4.68. The van der Waals surface area contributed by atoms with E-state index in [1.165, 1.54) is 12.3 Å². The van der Waals surface area contributed by atoms with Crippen LogP contribution in [0, 0.1) is 5.82 Å². The van der Waals surface area contributed by atoms with Crippen LogP contribution in [0.3, 0.4) is 0 Å². The van der Waals surface area contributed by atoms with E-state index in [1.54, 1.807) is 7.05 Å². The lowest BCUT2D eigenvalue weighted by atomic mass is 10.1. The average molecular weight is 330 g/mol. The maximum Gasteiger partial charge on any atom is 0.224 e. The standard InChI is InChI=1S/C13H10Cl2FN3O2/c1-17-12-11(5-18-13(15)19-12)21-6-10(20)8-3-2-7(16)4-9(8)14/h2-5H,6H2,1H3,(H,17,18,19). The summed E-state index contributed by atoms with van der Waals surface area (Å²) in [6.07, 6.45) is 1.35. The topological polar surface area (TPSA) is 64.1 Å². The van der Waals surface area contributed by atoms with Gasteiger partial charge >= 0.3 is 0 Å². The van der Waals surface area contributed by atoms with Gasteiger partial charge in [-0.1, -0.05) is 11.6 Å². The van der Waals surface area contributed by atoms with Crippen LogP contribution in [0.1, 0.15) is 10.4 Å². The highest BCUT2D eigenvalue weighted by molar-refractivity contribution is 6.34. The number of rotatable bonds is 5. The molecule has 1 aromatic heterocycles. The summed E-state index contributed by atoms with van der Waals surface area (Å²) in [6.45, 7) is -0.287. The number of aromatic nitrogens is 2. The van der Waals surface area contributed by atoms with E-state index in [4.69, 9.17) is 27.9 Å². The number of ketones is 1. The lowest BCUT2D eigenvalue weighted by molar-refractivity contribution is 0.0921. The van der Waals surface area contributed by atoms with Crippen molar-refractivity contribution < 1.29 is 13.9 Å². The first-order chi connectivity index (χ1) is 10.0. The third-order valence-electron chi connectivity index (χ3n) is 2.55. The number of nitrogens with zero attached hydrogens (tertiary/aromatic N) is 2. The Balaban J connectivity index is 2.11. The van der Waals surface area contributed by atoms with Gasteiger partial charge in [-0.3, -0.25) is 4.79 Å². The molecule has 0 atom stereocenters. The van der Waals surface area contributed by atoms with Gasteiger partial charge in [0.25, 0.3) is 0 Å². The third kappa shape index (κ3) is 3.80. The van der Waals surface area contributed by atoms with Crippen molar-refractivity contribution in [2.45, 2.75) is 0 Å². The normalized spacial score (nSPS) is 10.3. The lowest BCUT2D eigenvalue weighted by Gasteiger charge is -2.10. The number of hydrogen-bond donors (Lipinski definition) is 1. The fraction of sp³-hybridized carbons (Fsp3) is 0.154. The Morgan fingerprint density at radius 1 is 1.43 bits per heavy atom. The molecule has 0 unspecified atom stereocenters. The maximum absolute atomic E-state index is 12.9. The zero-order valence-corrected chi connectivity index (χ0v) is 12.4. The van der Waals surface area contributed by atoms with Gasteiger partial charge < -0.3 is 10.1 Å². The summed E-state index contributed by atoms with van der Waals surface area (Å²) in [4.78, 5) is 19.7. The SMILES string of the molecule is CNc1nc(Cl)ncc1OCC(=O)c1ccc(F)cc1Cl. The van der Waals surface area contributed by atoms with Gasteiger partial charge in [-0.05, 0) is 29.8 Å². The monoisotopic (exact) mass is 329 g/mol. The van der Waals surface area contributed by atoms with Crippen LogP contribution in [-0.4, -0.2) is 29.4 Å². The first kappa shape index (κ1) is 15.5. The molecule has 2 rings (SSSR count). The molecule has 2 aromatic rings. The molecule has 0 aliphatic heterocycles. The number of Topliss-reactive ketones (excluding diaryl/α,β-unsaturated/α-hetero) is 1. The molecule has 21 heavy (non-hydrogen) atoms. The molecular formula is C13H10Cl2FN3O2. The highest BCUT2D eigenvalue weighted by atomic mass is 35.5. The van der Waals surface area contributed by atoms with E-state index >= 15 is 0 Å². The number of nitrogens with one attached hydrogen (secondary N) is 1. The highest BCUT2D eigenvalue weighted by Crippen LogP contribution is 2.23. The molecule has 5 nitrogen and oxygen atoms in total. The Bertz CT molecular complexity index is 682. The molecule has 110 valence electrons. The summed E-state index contributed by atoms with van der Waals surface area (Å²) >= 11 is 11.5. The van der Waals surface area contributed by atoms with Crippen LogP contribution in [0.25, 0.3) is 0 Å². The van der Waals surface area contributed by atoms with Crippen molar-refractivity contribution in [3.63, 3.8) is 0 Å². The quantitative estimate of drug-likeness (QED) is 0.674. The summed E-state index contributed by atoms with van der Waals surface area (Å²) in [6, 6.07) is 3.53. The molecule has 1 N–H and O–H groups in total. The van der Waals surface area contributed by atoms with Gasteiger partial charge in [0.15, 0.2) is 18.2 Å². The van der Waals surface area contributed by atoms with Gasteiger partial charge in [-0.2, -0.15) is 4.98 Å². The Hall–Kier alpha value is -1.92. The Labute approximate surface area is 130 Å². The van der Waals surface area contributed by atoms with E-state index < -0.39 is 11.6 Å². The molecule has 0 aliphatic rings. The van der Waals surface area contributed by atoms with Crippen LogP contribution >= 0.6 is 23.2 Å². The third-order valence-corrected chi connectivity index (χ3v) is 3.05. The van der Waals surface area contributed by atoms with Crippen LogP contribution in [0.15, 0.2) is 24.4 Å². The molecule has 1 heterocycles. The molecule has 0 saturated carbocycles. The molecule has 0 radical (unpaired) electrons. The van der Waals surface area contributed by atoms with Crippen molar-refractivity contribution in [1.29, 1.82) is 0 Å².